The maximum absolute atomic E-state index is 3.63. The first-order chi connectivity index (χ1) is 7.27. The molecule has 0 spiro atoms. The van der Waals surface area contributed by atoms with Crippen molar-refractivity contribution in [2.75, 3.05) is 19.6 Å². The summed E-state index contributed by atoms with van der Waals surface area (Å²) in [4.78, 5) is 2.57. The van der Waals surface area contributed by atoms with E-state index in [9.17, 15) is 0 Å². The van der Waals surface area contributed by atoms with E-state index in [2.05, 4.69) is 52.0 Å². The van der Waals surface area contributed by atoms with Crippen LogP contribution in [0.3, 0.4) is 0 Å². The molecule has 1 aliphatic rings. The van der Waals surface area contributed by atoms with Crippen molar-refractivity contribution in [2.45, 2.75) is 25.7 Å². The van der Waals surface area contributed by atoms with Crippen molar-refractivity contribution in [3.63, 3.8) is 0 Å². The standard InChI is InChI=1S/C13H18BrN/c1-11(10-15-8-4-5-9-15)12-6-2-3-7-13(12)14/h2-3,6-7,11H,4-5,8-10H2,1H3. The Hall–Kier alpha value is -0.340. The van der Waals surface area contributed by atoms with Crippen LogP contribution < -0.4 is 0 Å². The molecule has 2 heteroatoms. The summed E-state index contributed by atoms with van der Waals surface area (Å²) in [5.41, 5.74) is 1.43. The van der Waals surface area contributed by atoms with Crippen LogP contribution in [0.2, 0.25) is 0 Å². The molecule has 82 valence electrons. The van der Waals surface area contributed by atoms with Gasteiger partial charge in [0.1, 0.15) is 0 Å². The molecule has 15 heavy (non-hydrogen) atoms. The van der Waals surface area contributed by atoms with Crippen LogP contribution >= 0.6 is 15.9 Å². The molecule has 2 rings (SSSR count). The predicted octanol–water partition coefficient (Wildman–Crippen LogP) is 3.65. The Labute approximate surface area is 101 Å². The lowest BCUT2D eigenvalue weighted by Crippen LogP contribution is -2.24. The molecular formula is C13H18BrN. The number of halogens is 1. The fourth-order valence-corrected chi connectivity index (χ4v) is 3.00. The van der Waals surface area contributed by atoms with Crippen LogP contribution in [-0.2, 0) is 0 Å². The Morgan fingerprint density at radius 3 is 2.60 bits per heavy atom. The van der Waals surface area contributed by atoms with Crippen molar-refractivity contribution < 1.29 is 0 Å². The van der Waals surface area contributed by atoms with Crippen LogP contribution in [0.5, 0.6) is 0 Å². The molecule has 0 saturated carbocycles. The second-order valence-electron chi connectivity index (χ2n) is 4.43. The molecule has 0 amide bonds. The third-order valence-corrected chi connectivity index (χ3v) is 3.89. The summed E-state index contributed by atoms with van der Waals surface area (Å²) in [6.45, 7) is 6.09. The second kappa shape index (κ2) is 5.13. The molecule has 1 atom stereocenters. The van der Waals surface area contributed by atoms with E-state index in [-0.39, 0.29) is 0 Å². The SMILES string of the molecule is CC(CN1CCCC1)c1ccccc1Br. The molecule has 1 nitrogen and oxygen atoms in total. The number of hydrogen-bond acceptors (Lipinski definition) is 1. The monoisotopic (exact) mass is 267 g/mol. The van der Waals surface area contributed by atoms with E-state index in [1.165, 1.54) is 42.5 Å². The van der Waals surface area contributed by atoms with Crippen molar-refractivity contribution in [1.82, 2.24) is 4.90 Å². The van der Waals surface area contributed by atoms with Crippen molar-refractivity contribution in [1.29, 1.82) is 0 Å². The number of rotatable bonds is 3. The van der Waals surface area contributed by atoms with Crippen LogP contribution in [0.4, 0.5) is 0 Å². The maximum atomic E-state index is 3.63. The van der Waals surface area contributed by atoms with E-state index in [1.54, 1.807) is 0 Å². The molecule has 1 aromatic rings. The van der Waals surface area contributed by atoms with Crippen molar-refractivity contribution in [3.8, 4) is 0 Å². The Morgan fingerprint density at radius 1 is 1.27 bits per heavy atom. The first kappa shape index (κ1) is 11.2. The van der Waals surface area contributed by atoms with Crippen LogP contribution in [0, 0.1) is 0 Å². The first-order valence-electron chi connectivity index (χ1n) is 5.74. The van der Waals surface area contributed by atoms with Gasteiger partial charge in [-0.05, 0) is 43.5 Å². The highest BCUT2D eigenvalue weighted by molar-refractivity contribution is 9.10. The molecule has 1 heterocycles. The molecule has 1 aliphatic heterocycles. The Balaban J connectivity index is 2.00. The highest BCUT2D eigenvalue weighted by Crippen LogP contribution is 2.26. The quantitative estimate of drug-likeness (QED) is 0.808. The minimum Gasteiger partial charge on any atom is -0.303 e. The highest BCUT2D eigenvalue weighted by atomic mass is 79.9. The Morgan fingerprint density at radius 2 is 1.93 bits per heavy atom. The molecule has 1 saturated heterocycles. The van der Waals surface area contributed by atoms with Gasteiger partial charge in [0.15, 0.2) is 0 Å². The summed E-state index contributed by atoms with van der Waals surface area (Å²) in [6.07, 6.45) is 2.76. The molecule has 0 aromatic heterocycles. The van der Waals surface area contributed by atoms with E-state index in [0.29, 0.717) is 5.92 Å². The number of benzene rings is 1. The lowest BCUT2D eigenvalue weighted by atomic mass is 10.0. The number of likely N-dealkylation sites (tertiary alicyclic amines) is 1. The summed E-state index contributed by atoms with van der Waals surface area (Å²) in [7, 11) is 0. The average Bonchev–Trinajstić information content (AvgIpc) is 2.71. The van der Waals surface area contributed by atoms with E-state index in [1.807, 2.05) is 0 Å². The highest BCUT2D eigenvalue weighted by Gasteiger charge is 2.16. The van der Waals surface area contributed by atoms with Gasteiger partial charge in [0, 0.05) is 11.0 Å². The third-order valence-electron chi connectivity index (χ3n) is 3.17. The van der Waals surface area contributed by atoms with Gasteiger partial charge in [-0.3, -0.25) is 0 Å². The van der Waals surface area contributed by atoms with Crippen LogP contribution in [0.15, 0.2) is 28.7 Å². The van der Waals surface area contributed by atoms with Gasteiger partial charge in [-0.15, -0.1) is 0 Å². The van der Waals surface area contributed by atoms with Crippen LogP contribution in [0.25, 0.3) is 0 Å². The van der Waals surface area contributed by atoms with E-state index in [0.717, 1.165) is 0 Å². The van der Waals surface area contributed by atoms with Gasteiger partial charge in [0.25, 0.3) is 0 Å². The van der Waals surface area contributed by atoms with Crippen molar-refractivity contribution in [3.05, 3.63) is 34.3 Å². The molecule has 1 aromatic carbocycles. The first-order valence-corrected chi connectivity index (χ1v) is 6.53. The zero-order valence-corrected chi connectivity index (χ0v) is 10.8. The largest absolute Gasteiger partial charge is 0.303 e. The lowest BCUT2D eigenvalue weighted by molar-refractivity contribution is 0.320. The fourth-order valence-electron chi connectivity index (χ4n) is 2.33. The van der Waals surface area contributed by atoms with Crippen LogP contribution in [-0.4, -0.2) is 24.5 Å². The van der Waals surface area contributed by atoms with Gasteiger partial charge in [-0.2, -0.15) is 0 Å². The number of hydrogen-bond donors (Lipinski definition) is 0. The second-order valence-corrected chi connectivity index (χ2v) is 5.28. The third kappa shape index (κ3) is 2.82. The van der Waals surface area contributed by atoms with Gasteiger partial charge in [0.2, 0.25) is 0 Å². The fraction of sp³-hybridized carbons (Fsp3) is 0.538. The molecule has 1 unspecified atom stereocenters. The van der Waals surface area contributed by atoms with Crippen molar-refractivity contribution in [2.24, 2.45) is 0 Å². The summed E-state index contributed by atoms with van der Waals surface area (Å²) in [5, 5.41) is 0. The Bertz CT molecular complexity index is 318. The van der Waals surface area contributed by atoms with Gasteiger partial charge >= 0.3 is 0 Å². The van der Waals surface area contributed by atoms with Gasteiger partial charge in [-0.25, -0.2) is 0 Å². The van der Waals surface area contributed by atoms with E-state index in [4.69, 9.17) is 0 Å². The Kier molecular flexibility index (Phi) is 3.81. The topological polar surface area (TPSA) is 3.24 Å². The molecule has 0 radical (unpaired) electrons. The van der Waals surface area contributed by atoms with E-state index < -0.39 is 0 Å². The molecule has 0 aliphatic carbocycles. The van der Waals surface area contributed by atoms with Crippen LogP contribution in [0.1, 0.15) is 31.2 Å². The van der Waals surface area contributed by atoms with Crippen molar-refractivity contribution >= 4 is 15.9 Å². The summed E-state index contributed by atoms with van der Waals surface area (Å²) < 4.78 is 1.25. The minimum atomic E-state index is 0.624. The normalized spacial score (nSPS) is 19.3. The molecule has 1 fully saturated rings. The average molecular weight is 268 g/mol. The lowest BCUT2D eigenvalue weighted by Gasteiger charge is -2.21. The van der Waals surface area contributed by atoms with Gasteiger partial charge < -0.3 is 4.90 Å². The van der Waals surface area contributed by atoms with E-state index >= 15 is 0 Å². The maximum Gasteiger partial charge on any atom is 0.0210 e. The van der Waals surface area contributed by atoms with Gasteiger partial charge in [0.05, 0.1) is 0 Å². The minimum absolute atomic E-state index is 0.624. The molecule has 0 N–H and O–H groups in total. The summed E-state index contributed by atoms with van der Waals surface area (Å²) in [6, 6.07) is 8.57. The smallest absolute Gasteiger partial charge is 0.0210 e. The molecule has 0 bridgehead atoms. The zero-order valence-electron chi connectivity index (χ0n) is 9.25. The zero-order chi connectivity index (χ0) is 10.7. The van der Waals surface area contributed by atoms with Gasteiger partial charge in [-0.1, -0.05) is 41.1 Å². The predicted molar refractivity (Wildman–Crippen MR) is 68.2 cm³/mol. The summed E-state index contributed by atoms with van der Waals surface area (Å²) in [5.74, 6) is 0.624. The number of nitrogens with zero attached hydrogens (tertiary/aromatic N) is 1. The molecular weight excluding hydrogens is 250 g/mol. The summed E-state index contributed by atoms with van der Waals surface area (Å²) >= 11 is 3.63.